The second kappa shape index (κ2) is 4.07. The molecule has 87 valence electrons. The average molecular weight is 239 g/mol. The van der Waals surface area contributed by atoms with Crippen LogP contribution in [0.15, 0.2) is 42.6 Å². The van der Waals surface area contributed by atoms with Gasteiger partial charge in [0.05, 0.1) is 22.9 Å². The number of phenols is 1. The van der Waals surface area contributed by atoms with E-state index in [-0.39, 0.29) is 11.6 Å². The Kier molecular flexibility index (Phi) is 2.41. The van der Waals surface area contributed by atoms with E-state index < -0.39 is 0 Å². The number of fused-ring (bicyclic) bond motifs is 1. The first-order valence-electron chi connectivity index (χ1n) is 5.36. The minimum atomic E-state index is -0.337. The second-order valence-corrected chi connectivity index (χ2v) is 3.85. The number of halogens is 1. The number of aromatic nitrogens is 2. The summed E-state index contributed by atoms with van der Waals surface area (Å²) in [6.45, 7) is 0. The third kappa shape index (κ3) is 1.88. The van der Waals surface area contributed by atoms with E-state index in [2.05, 4.69) is 16.0 Å². The van der Waals surface area contributed by atoms with E-state index in [1.807, 2.05) is 0 Å². The van der Waals surface area contributed by atoms with E-state index in [1.165, 1.54) is 12.1 Å². The summed E-state index contributed by atoms with van der Waals surface area (Å²) >= 11 is 0. The van der Waals surface area contributed by atoms with Crippen molar-refractivity contribution in [2.24, 2.45) is 0 Å². The Bertz CT molecular complexity index is 728. The summed E-state index contributed by atoms with van der Waals surface area (Å²) in [5.41, 5.74) is 2.48. The molecule has 0 aliphatic rings. The lowest BCUT2D eigenvalue weighted by molar-refractivity contribution is 0.474. The van der Waals surface area contributed by atoms with Crippen LogP contribution >= 0.6 is 0 Å². The average Bonchev–Trinajstić information content (AvgIpc) is 2.38. The number of phenolic OH excluding ortho intramolecular Hbond substituents is 1. The Morgan fingerprint density at radius 3 is 2.83 bits per heavy atom. The molecule has 0 aliphatic carbocycles. The summed E-state index contributed by atoms with van der Waals surface area (Å²) in [5.74, 6) is -0.287. The molecule has 2 aromatic carbocycles. The van der Waals surface area contributed by atoms with Crippen LogP contribution < -0.4 is 0 Å². The minimum Gasteiger partial charge on any atom is -0.507 e. The van der Waals surface area contributed by atoms with Gasteiger partial charge in [0.15, 0.2) is 0 Å². The van der Waals surface area contributed by atoms with E-state index in [0.717, 1.165) is 5.56 Å². The molecule has 1 heterocycles. The molecule has 0 amide bonds. The molecule has 0 saturated carbocycles. The van der Waals surface area contributed by atoms with Crippen LogP contribution in [-0.4, -0.2) is 15.1 Å². The van der Waals surface area contributed by atoms with Crippen LogP contribution in [0.2, 0.25) is 0 Å². The molecule has 1 aromatic heterocycles. The Balaban J connectivity index is 2.16. The number of aromatic hydroxyl groups is 1. The molecular weight excluding hydrogens is 231 g/mol. The quantitative estimate of drug-likeness (QED) is 0.710. The topological polar surface area (TPSA) is 46.0 Å². The van der Waals surface area contributed by atoms with E-state index in [9.17, 15) is 9.50 Å². The fraction of sp³-hybridized carbons (Fsp3) is 0. The maximum atomic E-state index is 13.0. The van der Waals surface area contributed by atoms with Gasteiger partial charge in [-0.25, -0.2) is 9.37 Å². The highest BCUT2D eigenvalue weighted by atomic mass is 19.1. The van der Waals surface area contributed by atoms with Crippen LogP contribution in [0.4, 0.5) is 4.39 Å². The molecule has 0 fully saturated rings. The van der Waals surface area contributed by atoms with Crippen LogP contribution in [0.1, 0.15) is 0 Å². The molecule has 3 rings (SSSR count). The van der Waals surface area contributed by atoms with Crippen LogP contribution in [0.5, 0.6) is 5.75 Å². The van der Waals surface area contributed by atoms with Gasteiger partial charge in [-0.05, 0) is 24.3 Å². The first kappa shape index (κ1) is 10.7. The van der Waals surface area contributed by atoms with E-state index in [0.29, 0.717) is 16.7 Å². The summed E-state index contributed by atoms with van der Waals surface area (Å²) in [4.78, 5) is 8.53. The van der Waals surface area contributed by atoms with Crippen molar-refractivity contribution in [3.8, 4) is 17.0 Å². The van der Waals surface area contributed by atoms with E-state index in [4.69, 9.17) is 0 Å². The summed E-state index contributed by atoms with van der Waals surface area (Å²) in [6.07, 6.45) is 1.55. The van der Waals surface area contributed by atoms with Crippen molar-refractivity contribution in [1.82, 2.24) is 9.97 Å². The van der Waals surface area contributed by atoms with Crippen molar-refractivity contribution in [2.75, 3.05) is 0 Å². The molecule has 0 atom stereocenters. The number of hydrogen-bond donors (Lipinski definition) is 1. The predicted molar refractivity (Wildman–Crippen MR) is 65.4 cm³/mol. The van der Waals surface area contributed by atoms with Crippen molar-refractivity contribution < 1.29 is 9.50 Å². The predicted octanol–water partition coefficient (Wildman–Crippen LogP) is 2.94. The van der Waals surface area contributed by atoms with Crippen LogP contribution in [0.3, 0.4) is 0 Å². The highest BCUT2D eigenvalue weighted by molar-refractivity contribution is 5.77. The number of nitrogens with zero attached hydrogens (tertiary/aromatic N) is 2. The van der Waals surface area contributed by atoms with Crippen LogP contribution in [0.25, 0.3) is 22.3 Å². The fourth-order valence-corrected chi connectivity index (χ4v) is 1.74. The molecule has 0 saturated heterocycles. The lowest BCUT2D eigenvalue weighted by Gasteiger charge is -2.03. The largest absolute Gasteiger partial charge is 0.507 e. The zero-order valence-electron chi connectivity index (χ0n) is 9.26. The van der Waals surface area contributed by atoms with Gasteiger partial charge in [0.1, 0.15) is 11.6 Å². The summed E-state index contributed by atoms with van der Waals surface area (Å²) in [6, 6.07) is 11.8. The standard InChI is InChI=1S/C14H8FN2O/c15-10-4-5-12-13(7-10)16-8-14(17-12)9-2-1-3-11(18)6-9/h1-2,4-8,18H. The van der Waals surface area contributed by atoms with Gasteiger partial charge in [-0.3, -0.25) is 4.98 Å². The number of hydrogen-bond acceptors (Lipinski definition) is 3. The van der Waals surface area contributed by atoms with Gasteiger partial charge in [0.25, 0.3) is 0 Å². The van der Waals surface area contributed by atoms with Gasteiger partial charge in [-0.15, -0.1) is 0 Å². The SMILES string of the molecule is Oc1[c]ccc(-c2cnc3cc(F)ccc3n2)c1. The molecule has 1 radical (unpaired) electrons. The van der Waals surface area contributed by atoms with Gasteiger partial charge < -0.3 is 5.11 Å². The van der Waals surface area contributed by atoms with Gasteiger partial charge in [0, 0.05) is 17.7 Å². The van der Waals surface area contributed by atoms with Crippen molar-refractivity contribution in [2.45, 2.75) is 0 Å². The zero-order valence-corrected chi connectivity index (χ0v) is 9.26. The maximum absolute atomic E-state index is 13.0. The normalized spacial score (nSPS) is 10.7. The van der Waals surface area contributed by atoms with Crippen molar-refractivity contribution in [1.29, 1.82) is 0 Å². The molecule has 18 heavy (non-hydrogen) atoms. The lowest BCUT2D eigenvalue weighted by Crippen LogP contribution is -1.89. The summed E-state index contributed by atoms with van der Waals surface area (Å²) in [7, 11) is 0. The summed E-state index contributed by atoms with van der Waals surface area (Å²) in [5, 5.41) is 9.37. The van der Waals surface area contributed by atoms with E-state index >= 15 is 0 Å². The maximum Gasteiger partial charge on any atom is 0.125 e. The first-order chi connectivity index (χ1) is 8.72. The smallest absolute Gasteiger partial charge is 0.125 e. The summed E-state index contributed by atoms with van der Waals surface area (Å²) < 4.78 is 13.0. The molecule has 0 spiro atoms. The van der Waals surface area contributed by atoms with Crippen molar-refractivity contribution >= 4 is 11.0 Å². The molecule has 0 bridgehead atoms. The van der Waals surface area contributed by atoms with Crippen molar-refractivity contribution in [3.63, 3.8) is 0 Å². The Morgan fingerprint density at radius 1 is 1.11 bits per heavy atom. The minimum absolute atomic E-state index is 0.0495. The molecule has 4 heteroatoms. The van der Waals surface area contributed by atoms with Crippen LogP contribution in [0, 0.1) is 11.9 Å². The monoisotopic (exact) mass is 239 g/mol. The van der Waals surface area contributed by atoms with Gasteiger partial charge in [-0.2, -0.15) is 0 Å². The first-order valence-corrected chi connectivity index (χ1v) is 5.36. The Morgan fingerprint density at radius 2 is 2.00 bits per heavy atom. The Hall–Kier alpha value is -2.49. The molecule has 0 unspecified atom stereocenters. The van der Waals surface area contributed by atoms with E-state index in [1.54, 1.807) is 30.5 Å². The zero-order chi connectivity index (χ0) is 12.5. The highest BCUT2D eigenvalue weighted by Gasteiger charge is 2.04. The third-order valence-corrected chi connectivity index (χ3v) is 2.59. The van der Waals surface area contributed by atoms with Gasteiger partial charge >= 0.3 is 0 Å². The van der Waals surface area contributed by atoms with Crippen LogP contribution in [-0.2, 0) is 0 Å². The van der Waals surface area contributed by atoms with Crippen molar-refractivity contribution in [3.05, 3.63) is 54.5 Å². The molecule has 3 nitrogen and oxygen atoms in total. The number of rotatable bonds is 1. The molecule has 1 N–H and O–H groups in total. The fourth-order valence-electron chi connectivity index (χ4n) is 1.74. The molecule has 0 aliphatic heterocycles. The second-order valence-electron chi connectivity index (χ2n) is 3.85. The molecule has 3 aromatic rings. The van der Waals surface area contributed by atoms with Gasteiger partial charge in [0.2, 0.25) is 0 Å². The molecular formula is C14H8FN2O. The lowest BCUT2D eigenvalue weighted by atomic mass is 10.1. The Labute approximate surface area is 103 Å². The third-order valence-electron chi connectivity index (χ3n) is 2.59. The highest BCUT2D eigenvalue weighted by Crippen LogP contribution is 2.22. The van der Waals surface area contributed by atoms with Gasteiger partial charge in [-0.1, -0.05) is 6.07 Å². The number of benzene rings is 2.